The summed E-state index contributed by atoms with van der Waals surface area (Å²) in [7, 11) is 0. The highest BCUT2D eigenvalue weighted by atomic mass is 32.2. The number of thioether (sulfide) groups is 1. The highest BCUT2D eigenvalue weighted by Gasteiger charge is 2.30. The summed E-state index contributed by atoms with van der Waals surface area (Å²) in [6, 6.07) is 12.0. The van der Waals surface area contributed by atoms with Crippen LogP contribution in [-0.4, -0.2) is 12.1 Å². The van der Waals surface area contributed by atoms with Gasteiger partial charge in [-0.2, -0.15) is 13.2 Å². The summed E-state index contributed by atoms with van der Waals surface area (Å²) in [5.41, 5.74) is 0.401. The van der Waals surface area contributed by atoms with Gasteiger partial charge in [-0.25, -0.2) is 0 Å². The zero-order valence-electron chi connectivity index (χ0n) is 11.2. The number of alkyl halides is 3. The lowest BCUT2D eigenvalue weighted by Crippen LogP contribution is -2.12. The smallest absolute Gasteiger partial charge is 0.340 e. The molecule has 110 valence electrons. The van der Waals surface area contributed by atoms with Crippen molar-refractivity contribution in [2.24, 2.45) is 0 Å². The van der Waals surface area contributed by atoms with E-state index in [2.05, 4.69) is 5.32 Å². The van der Waals surface area contributed by atoms with Crippen molar-refractivity contribution in [2.45, 2.75) is 11.1 Å². The third kappa shape index (κ3) is 4.01. The van der Waals surface area contributed by atoms with Crippen LogP contribution in [0.2, 0.25) is 0 Å². The van der Waals surface area contributed by atoms with Crippen LogP contribution in [-0.2, 0) is 6.18 Å². The Morgan fingerprint density at radius 2 is 1.57 bits per heavy atom. The topological polar surface area (TPSA) is 35.9 Å². The molecule has 0 fully saturated rings. The predicted molar refractivity (Wildman–Crippen MR) is 80.1 cm³/mol. The van der Waals surface area contributed by atoms with Crippen LogP contribution in [0.1, 0.15) is 11.1 Å². The molecular formula is C15H13F3N2S. The Labute approximate surface area is 124 Å². The van der Waals surface area contributed by atoms with Gasteiger partial charge >= 0.3 is 6.18 Å². The van der Waals surface area contributed by atoms with Crippen molar-refractivity contribution in [3.05, 3.63) is 59.7 Å². The van der Waals surface area contributed by atoms with Crippen LogP contribution in [0.4, 0.5) is 18.9 Å². The first kappa shape index (κ1) is 15.4. The molecule has 2 N–H and O–H groups in total. The SMILES string of the molecule is CSc1ccc(NC(=N)c2ccc(C(F)(F)F)cc2)cc1. The fourth-order valence-corrected chi connectivity index (χ4v) is 2.12. The second-order valence-electron chi connectivity index (χ2n) is 4.30. The minimum Gasteiger partial charge on any atom is -0.340 e. The number of nitrogens with one attached hydrogen (secondary N) is 2. The second-order valence-corrected chi connectivity index (χ2v) is 5.18. The van der Waals surface area contributed by atoms with Gasteiger partial charge in [-0.1, -0.05) is 12.1 Å². The standard InChI is InChI=1S/C15H13F3N2S/c1-21-13-8-6-12(7-9-13)20-14(19)10-2-4-11(5-3-10)15(16,17)18/h2-9H,1H3,(H2,19,20). The van der Waals surface area contributed by atoms with Gasteiger partial charge in [0, 0.05) is 16.1 Å². The Balaban J connectivity index is 2.09. The Morgan fingerprint density at radius 1 is 1.00 bits per heavy atom. The molecule has 2 aromatic rings. The van der Waals surface area contributed by atoms with Crippen molar-refractivity contribution in [2.75, 3.05) is 11.6 Å². The normalized spacial score (nSPS) is 11.2. The van der Waals surface area contributed by atoms with E-state index in [1.165, 1.54) is 12.1 Å². The van der Waals surface area contributed by atoms with E-state index in [1.807, 2.05) is 30.5 Å². The fraction of sp³-hybridized carbons (Fsp3) is 0.133. The molecule has 0 atom stereocenters. The highest BCUT2D eigenvalue weighted by Crippen LogP contribution is 2.29. The molecule has 0 spiro atoms. The summed E-state index contributed by atoms with van der Waals surface area (Å²) in [5.74, 6) is 0.0561. The molecular weight excluding hydrogens is 297 g/mol. The Kier molecular flexibility index (Phi) is 4.57. The van der Waals surface area contributed by atoms with Crippen molar-refractivity contribution in [3.63, 3.8) is 0 Å². The summed E-state index contributed by atoms with van der Waals surface area (Å²) < 4.78 is 37.4. The van der Waals surface area contributed by atoms with E-state index in [0.717, 1.165) is 22.7 Å². The summed E-state index contributed by atoms with van der Waals surface area (Å²) in [4.78, 5) is 1.10. The van der Waals surface area contributed by atoms with Crippen LogP contribution in [0.3, 0.4) is 0 Å². The first-order chi connectivity index (χ1) is 9.90. The largest absolute Gasteiger partial charge is 0.416 e. The van der Waals surface area contributed by atoms with Gasteiger partial charge in [0.25, 0.3) is 0 Å². The molecule has 0 saturated carbocycles. The highest BCUT2D eigenvalue weighted by molar-refractivity contribution is 7.98. The number of hydrogen-bond acceptors (Lipinski definition) is 2. The quantitative estimate of drug-likeness (QED) is 0.482. The molecule has 0 radical (unpaired) electrons. The van der Waals surface area contributed by atoms with E-state index in [9.17, 15) is 13.2 Å². The molecule has 0 aliphatic carbocycles. The molecule has 0 aliphatic rings. The van der Waals surface area contributed by atoms with Crippen molar-refractivity contribution in [1.29, 1.82) is 5.41 Å². The minimum atomic E-state index is -4.36. The van der Waals surface area contributed by atoms with Crippen LogP contribution in [0, 0.1) is 5.41 Å². The van der Waals surface area contributed by atoms with Gasteiger partial charge in [0.05, 0.1) is 5.56 Å². The molecule has 0 unspecified atom stereocenters. The molecule has 6 heteroatoms. The number of rotatable bonds is 3. The van der Waals surface area contributed by atoms with Gasteiger partial charge in [-0.05, 0) is 42.7 Å². The van der Waals surface area contributed by atoms with E-state index in [0.29, 0.717) is 5.56 Å². The number of halogens is 3. The molecule has 0 saturated heterocycles. The van der Waals surface area contributed by atoms with Crippen molar-refractivity contribution in [1.82, 2.24) is 0 Å². The van der Waals surface area contributed by atoms with E-state index >= 15 is 0 Å². The third-order valence-corrected chi connectivity index (χ3v) is 3.60. The van der Waals surface area contributed by atoms with Crippen molar-refractivity contribution < 1.29 is 13.2 Å². The monoisotopic (exact) mass is 310 g/mol. The van der Waals surface area contributed by atoms with E-state index in [-0.39, 0.29) is 5.84 Å². The molecule has 0 aromatic heterocycles. The van der Waals surface area contributed by atoms with Gasteiger partial charge in [0.15, 0.2) is 0 Å². The van der Waals surface area contributed by atoms with Gasteiger partial charge in [0.2, 0.25) is 0 Å². The molecule has 2 aromatic carbocycles. The Morgan fingerprint density at radius 3 is 2.05 bits per heavy atom. The van der Waals surface area contributed by atoms with Crippen LogP contribution in [0.15, 0.2) is 53.4 Å². The van der Waals surface area contributed by atoms with Crippen molar-refractivity contribution >= 4 is 23.3 Å². The maximum atomic E-state index is 12.5. The lowest BCUT2D eigenvalue weighted by molar-refractivity contribution is -0.137. The lowest BCUT2D eigenvalue weighted by atomic mass is 10.1. The summed E-state index contributed by atoms with van der Waals surface area (Å²) in [5, 5.41) is 10.8. The maximum absolute atomic E-state index is 12.5. The minimum absolute atomic E-state index is 0.0561. The first-order valence-corrected chi connectivity index (χ1v) is 7.30. The van der Waals surface area contributed by atoms with Crippen LogP contribution in [0.25, 0.3) is 0 Å². The number of amidine groups is 1. The van der Waals surface area contributed by atoms with Gasteiger partial charge in [-0.15, -0.1) is 11.8 Å². The van der Waals surface area contributed by atoms with Gasteiger partial charge in [-0.3, -0.25) is 5.41 Å². The van der Waals surface area contributed by atoms with Gasteiger partial charge in [0.1, 0.15) is 5.84 Å². The molecule has 0 amide bonds. The third-order valence-electron chi connectivity index (χ3n) is 2.86. The molecule has 0 bridgehead atoms. The summed E-state index contributed by atoms with van der Waals surface area (Å²) in [6.07, 6.45) is -2.39. The summed E-state index contributed by atoms with van der Waals surface area (Å²) >= 11 is 1.61. The van der Waals surface area contributed by atoms with E-state index in [4.69, 9.17) is 5.41 Å². The van der Waals surface area contributed by atoms with Crippen LogP contribution >= 0.6 is 11.8 Å². The van der Waals surface area contributed by atoms with E-state index < -0.39 is 11.7 Å². The number of anilines is 1. The average molecular weight is 310 g/mol. The lowest BCUT2D eigenvalue weighted by Gasteiger charge is -2.10. The average Bonchev–Trinajstić information content (AvgIpc) is 2.47. The zero-order valence-corrected chi connectivity index (χ0v) is 12.0. The van der Waals surface area contributed by atoms with Gasteiger partial charge < -0.3 is 5.32 Å². The fourth-order valence-electron chi connectivity index (χ4n) is 1.72. The molecule has 0 heterocycles. The molecule has 0 aliphatic heterocycles. The zero-order chi connectivity index (χ0) is 15.5. The molecule has 2 rings (SSSR count). The molecule has 2 nitrogen and oxygen atoms in total. The first-order valence-electron chi connectivity index (χ1n) is 6.07. The second kappa shape index (κ2) is 6.22. The van der Waals surface area contributed by atoms with Crippen LogP contribution in [0.5, 0.6) is 0 Å². The van der Waals surface area contributed by atoms with Crippen molar-refractivity contribution in [3.8, 4) is 0 Å². The van der Waals surface area contributed by atoms with E-state index in [1.54, 1.807) is 11.8 Å². The number of hydrogen-bond donors (Lipinski definition) is 2. The maximum Gasteiger partial charge on any atom is 0.416 e. The number of benzene rings is 2. The Bertz CT molecular complexity index is 619. The van der Waals surface area contributed by atoms with Crippen LogP contribution < -0.4 is 5.32 Å². The predicted octanol–water partition coefficient (Wildman–Crippen LogP) is 4.86. The molecule has 21 heavy (non-hydrogen) atoms. The summed E-state index contributed by atoms with van der Waals surface area (Å²) in [6.45, 7) is 0. The Hall–Kier alpha value is -1.95.